The van der Waals surface area contributed by atoms with Crippen LogP contribution in [0.5, 0.6) is 0 Å². The van der Waals surface area contributed by atoms with Gasteiger partial charge in [-0.25, -0.2) is 64.9 Å². The quantitative estimate of drug-likeness (QED) is 0.0245. The number of nitrogens with one attached hydrogen (secondary N) is 1. The molecule has 0 aromatic heterocycles. The molecule has 8 aliphatic heterocycles. The Morgan fingerprint density at radius 2 is 0.759 bits per heavy atom. The summed E-state index contributed by atoms with van der Waals surface area (Å²) in [5, 5.41) is 40.0. The molecule has 0 aliphatic carbocycles. The summed E-state index contributed by atoms with van der Waals surface area (Å²) >= 11 is 3.75. The summed E-state index contributed by atoms with van der Waals surface area (Å²) in [6.07, 6.45) is -12.5. The third-order valence-electron chi connectivity index (χ3n) is 17.2. The number of urea groups is 4. The number of piperidine rings is 4. The van der Waals surface area contributed by atoms with Crippen LogP contribution in [-0.4, -0.2) is 232 Å². The molecule has 116 heavy (non-hydrogen) atoms. The van der Waals surface area contributed by atoms with Crippen LogP contribution in [-0.2, 0) is 92.9 Å². The van der Waals surface area contributed by atoms with Crippen molar-refractivity contribution in [3.63, 3.8) is 0 Å². The van der Waals surface area contributed by atoms with E-state index >= 15 is 0 Å². The normalized spacial score (nSPS) is 20.6. The fourth-order valence-electron chi connectivity index (χ4n) is 11.7. The molecule has 638 valence electrons. The molecule has 0 spiro atoms. The first-order valence-corrected chi connectivity index (χ1v) is 35.9. The van der Waals surface area contributed by atoms with E-state index in [1.165, 1.54) is 23.3 Å². The van der Waals surface area contributed by atoms with Crippen LogP contribution < -0.4 is 44.7 Å². The van der Waals surface area contributed by atoms with Gasteiger partial charge in [-0.2, -0.15) is 73.6 Å². The van der Waals surface area contributed by atoms with Crippen molar-refractivity contribution in [3.05, 3.63) is 161 Å². The summed E-state index contributed by atoms with van der Waals surface area (Å²) < 4.78 is 140. The summed E-state index contributed by atoms with van der Waals surface area (Å²) in [5.74, 6) is -10.4. The molecule has 3 aromatic carbocycles. The van der Waals surface area contributed by atoms with Crippen molar-refractivity contribution >= 4 is 85.8 Å². The van der Waals surface area contributed by atoms with Crippen LogP contribution in [0.2, 0.25) is 0 Å². The first-order chi connectivity index (χ1) is 52.9. The minimum Gasteiger partial charge on any atom is -0.542 e. The number of amides is 8. The third-order valence-corrected chi connectivity index (χ3v) is 17.9. The van der Waals surface area contributed by atoms with Crippen LogP contribution in [0.3, 0.4) is 0 Å². The molecule has 8 bridgehead atoms. The number of alkyl halides is 12. The molecule has 8 saturated heterocycles. The minimum absolute atomic E-state index is 0. The summed E-state index contributed by atoms with van der Waals surface area (Å²) in [7, 11) is 0. The number of ether oxygens (including phenoxy) is 3. The fourth-order valence-corrected chi connectivity index (χ4v) is 12.0. The number of aliphatic hydroxyl groups excluding tert-OH is 1. The number of rotatable bonds is 20. The first kappa shape index (κ1) is 106. The number of carboxylic acids is 2. The van der Waals surface area contributed by atoms with E-state index in [1.807, 2.05) is 62.2 Å². The molecule has 3 aromatic rings. The SMILES string of the molecule is CCOC(=O)C(F)(F)Br.CC[NH+](C(C)C)C(C)C.O=C(OCc1ccccc1)C(F)(F)Br.OCc1ccccc1.[C-]#[N+][C@@H]1CC[C@@H]2CN1C(=O)N2O.[C-]#[N+][C@@H]1CC[C@@H]2CN1C(=O)N2OC(F)(F)C(=O)OCc1ccccc1.[C-]#[N+][C@@H]1CC[C@@H]2CN1C(=O)N2OC(F)(F)C(=O)[O-].[C-]#[N+][C@@H]1CC[C@@H]2CN1C(=O)N2OC(F)(F)C(=O)[O-].[CH3-].[Na+].[Pd]. The van der Waals surface area contributed by atoms with Crippen LogP contribution >= 0.6 is 31.9 Å². The summed E-state index contributed by atoms with van der Waals surface area (Å²) in [5.41, 5.74) is 2.18. The number of fused-ring (bicyclic) bond motifs is 8. The van der Waals surface area contributed by atoms with Gasteiger partial charge in [0.1, 0.15) is 25.2 Å². The predicted molar refractivity (Wildman–Crippen MR) is 377 cm³/mol. The van der Waals surface area contributed by atoms with Gasteiger partial charge < -0.3 is 51.4 Å². The number of quaternary nitrogens is 1. The zero-order chi connectivity index (χ0) is 85.1. The van der Waals surface area contributed by atoms with E-state index in [4.69, 9.17) is 31.4 Å². The van der Waals surface area contributed by atoms with Crippen LogP contribution in [0.15, 0.2) is 91.0 Å². The van der Waals surface area contributed by atoms with Gasteiger partial charge in [0.2, 0.25) is 0 Å². The molecule has 46 heteroatoms. The molecule has 8 heterocycles. The molecule has 0 saturated carbocycles. The zero-order valence-corrected chi connectivity index (χ0v) is 70.2. The van der Waals surface area contributed by atoms with E-state index in [-0.39, 0.29) is 116 Å². The van der Waals surface area contributed by atoms with Crippen molar-refractivity contribution in [1.82, 2.24) is 39.9 Å². The number of hydrogen-bond acceptors (Lipinski definition) is 19. The Hall–Kier alpha value is -8.27. The number of halogens is 12. The van der Waals surface area contributed by atoms with Gasteiger partial charge in [0.05, 0.1) is 82.2 Å². The maximum atomic E-state index is 14.0. The van der Waals surface area contributed by atoms with Gasteiger partial charge in [0.25, 0.3) is 0 Å². The van der Waals surface area contributed by atoms with Gasteiger partial charge in [-0.3, -0.25) is 44.2 Å². The van der Waals surface area contributed by atoms with Crippen LogP contribution in [0.25, 0.3) is 19.4 Å². The summed E-state index contributed by atoms with van der Waals surface area (Å²) in [6.45, 7) is 42.1. The predicted octanol–water partition coefficient (Wildman–Crippen LogP) is 5.33. The molecule has 8 atom stereocenters. The number of carboxylic acid groups (broad SMARTS) is 2. The number of carbonyl (C=O) groups excluding carboxylic acids is 9. The number of aliphatic hydroxyl groups is 1. The average molecular weight is 1890 g/mol. The molecular formula is C70H83Br2F10N13NaO19Pd-. The van der Waals surface area contributed by atoms with E-state index in [0.29, 0.717) is 77.8 Å². The van der Waals surface area contributed by atoms with E-state index in [9.17, 15) is 102 Å². The molecule has 32 nitrogen and oxygen atoms in total. The largest absolute Gasteiger partial charge is 1.00 e. The van der Waals surface area contributed by atoms with Gasteiger partial charge >= 0.3 is 124 Å². The van der Waals surface area contributed by atoms with E-state index in [2.05, 4.69) is 82.7 Å². The molecule has 0 radical (unpaired) electrons. The van der Waals surface area contributed by atoms with Crippen molar-refractivity contribution in [1.29, 1.82) is 0 Å². The molecule has 11 rings (SSSR count). The maximum Gasteiger partial charge on any atom is 1.00 e. The van der Waals surface area contributed by atoms with Crippen molar-refractivity contribution in [3.8, 4) is 0 Å². The number of benzene rings is 3. The van der Waals surface area contributed by atoms with Crippen LogP contribution in [0.1, 0.15) is 110 Å². The van der Waals surface area contributed by atoms with Crippen molar-refractivity contribution in [2.45, 2.75) is 202 Å². The molecule has 8 fully saturated rings. The van der Waals surface area contributed by atoms with E-state index < -0.39 is 119 Å². The van der Waals surface area contributed by atoms with E-state index in [0.717, 1.165) is 38.9 Å². The van der Waals surface area contributed by atoms with Crippen LogP contribution in [0.4, 0.5) is 63.1 Å². The summed E-state index contributed by atoms with van der Waals surface area (Å²) in [4.78, 5) is 124. The average Bonchev–Trinajstić information content (AvgIpc) is 1.64. The number of carbonyl (C=O) groups is 9. The molecule has 8 aliphatic rings. The number of aliphatic carboxylic acids is 2. The van der Waals surface area contributed by atoms with E-state index in [1.54, 1.807) is 65.6 Å². The second-order valence-corrected chi connectivity index (χ2v) is 27.5. The Labute approximate surface area is 713 Å². The first-order valence-electron chi connectivity index (χ1n) is 34.3. The number of hydrogen-bond donors (Lipinski definition) is 3. The topological polar surface area (TPSA) is 343 Å². The standard InChI is InChI=1S/C16H15F2N3O4.C9H7BrF2O2.2C9H9F2N3O4.C8H19N.C7H9N3O2.C7H8O.C4H5BrF2O2.CH3.Na.Pd/c1-19-13-8-7-12-9-20(13)15(23)21(12)25-16(17,18)14(22)24-10-11-5-3-2-4-6-11;10-9(11,12)8(13)14-6-7-4-2-1-3-5-7;2*1-12-6-3-2-5-4-13(6)8(17)14(5)18-9(10,11)7(15)16;1-6-9(7(2)3)8(4)5;1-8-6-3-2-5-4-9(6)7(11)10(5)12;8-6-7-4-2-1-3-5-7;1-2-9-3(8)4(5,6)7;;;/h2-6,12-13H,7-10H2;1-5H,6H2;2*5-6H,2-4H2,(H,15,16);7-8H,6H2,1-5H3;5-6,12H,2-4H2;1-5,8H,6H2;2H2,1H3;1H3;;/q;;;;;;;;-1;+1;/p-1/t12-,13+;;2*5-,6+;;5-,6+;;;;;/m1.11.1...../s1. The van der Waals surface area contributed by atoms with Gasteiger partial charge in [-0.1, -0.05) is 91.0 Å². The van der Waals surface area contributed by atoms with Gasteiger partial charge in [-0.05, 0) is 83.9 Å². The van der Waals surface area contributed by atoms with Gasteiger partial charge in [-0.15, -0.1) is 0 Å². The monoisotopic (exact) mass is 1890 g/mol. The van der Waals surface area contributed by atoms with Crippen molar-refractivity contribution < 1.29 is 191 Å². The van der Waals surface area contributed by atoms with Gasteiger partial charge in [0.15, 0.2) is 0 Å². The second-order valence-electron chi connectivity index (χ2n) is 25.5. The summed E-state index contributed by atoms with van der Waals surface area (Å²) in [6, 6.07) is 22.9. The Balaban J connectivity index is 0.000000679. The van der Waals surface area contributed by atoms with Crippen molar-refractivity contribution in [2.75, 3.05) is 39.3 Å². The van der Waals surface area contributed by atoms with Crippen LogP contribution in [0, 0.1) is 33.7 Å². The Bertz CT molecular complexity index is 3790. The fraction of sp³-hybridized carbons (Fsp3) is 0.543. The number of hydroxylamine groups is 8. The second kappa shape index (κ2) is 48.6. The number of nitrogens with zero attached hydrogens (tertiary/aromatic N) is 12. The number of esters is 3. The molecule has 8 amide bonds. The third kappa shape index (κ3) is 30.9. The molecular weight excluding hydrogens is 1810 g/mol. The van der Waals surface area contributed by atoms with Crippen molar-refractivity contribution in [2.24, 2.45) is 0 Å². The zero-order valence-electron chi connectivity index (χ0n) is 63.5. The molecule has 0 unspecified atom stereocenters. The Kier molecular flexibility index (Phi) is 44.3. The minimum atomic E-state index is -4.57. The maximum absolute atomic E-state index is 14.0. The smallest absolute Gasteiger partial charge is 0.542 e. The van der Waals surface area contributed by atoms with Gasteiger partial charge in [0, 0.05) is 78.0 Å². The molecule has 3 N–H and O–H groups in total. The Morgan fingerprint density at radius 1 is 0.483 bits per heavy atom. The Morgan fingerprint density at radius 3 is 1.01 bits per heavy atom.